The molecule has 22 heavy (non-hydrogen) atoms. The first-order chi connectivity index (χ1) is 10.3. The number of amides is 1. The molecule has 0 aliphatic heterocycles. The molecule has 1 aromatic carbocycles. The Balaban J connectivity index is 0. The third-order valence-electron chi connectivity index (χ3n) is 1.85. The number of carbonyl (C=O) groups is 2. The molecule has 1 aromatic rings. The predicted molar refractivity (Wildman–Crippen MR) is 80.9 cm³/mol. The molecule has 120 valence electrons. The quantitative estimate of drug-likeness (QED) is 0.290. The lowest BCUT2D eigenvalue weighted by Crippen LogP contribution is -2.18. The van der Waals surface area contributed by atoms with Crippen molar-refractivity contribution in [2.75, 3.05) is 13.2 Å². The molecule has 1 amide bonds. The van der Waals surface area contributed by atoms with E-state index < -0.39 is 12.1 Å². The molecule has 0 aliphatic rings. The highest BCUT2D eigenvalue weighted by molar-refractivity contribution is 5.86. The van der Waals surface area contributed by atoms with Gasteiger partial charge in [-0.2, -0.15) is 0 Å². The first-order valence-corrected chi connectivity index (χ1v) is 6.15. The summed E-state index contributed by atoms with van der Waals surface area (Å²) < 4.78 is 8.89. The van der Waals surface area contributed by atoms with Gasteiger partial charge in [0.05, 0.1) is 0 Å². The molecule has 3 N–H and O–H groups in total. The highest BCUT2D eigenvalue weighted by atomic mass is 16.6. The molecule has 0 aromatic heterocycles. The monoisotopic (exact) mass is 308 g/mol. The van der Waals surface area contributed by atoms with Crippen LogP contribution < -0.4 is 5.73 Å². The fourth-order valence-electron chi connectivity index (χ4n) is 0.934. The van der Waals surface area contributed by atoms with Gasteiger partial charge in [-0.1, -0.05) is 42.5 Å². The van der Waals surface area contributed by atoms with Gasteiger partial charge in [0.2, 0.25) is 6.08 Å². The van der Waals surface area contributed by atoms with E-state index in [4.69, 9.17) is 10.2 Å². The lowest BCUT2D eigenvalue weighted by atomic mass is 10.2. The summed E-state index contributed by atoms with van der Waals surface area (Å²) in [6.45, 7) is 6.93. The third-order valence-corrected chi connectivity index (χ3v) is 1.85. The molecular formula is C15H20N2O5. The Morgan fingerprint density at radius 2 is 1.68 bits per heavy atom. The van der Waals surface area contributed by atoms with E-state index in [1.165, 1.54) is 12.5 Å². The van der Waals surface area contributed by atoms with Gasteiger partial charge in [-0.05, 0) is 13.8 Å². The molecule has 0 bridgehead atoms. The van der Waals surface area contributed by atoms with Gasteiger partial charge in [0.25, 0.3) is 0 Å². The van der Waals surface area contributed by atoms with Gasteiger partial charge in [-0.25, -0.2) is 19.8 Å². The van der Waals surface area contributed by atoms with Crippen LogP contribution in [0.4, 0.5) is 4.79 Å². The SMILES string of the molecule is C=C(C)C(=O)OCCOC(N)=O.Cc1ccccc1.N=C=O. The van der Waals surface area contributed by atoms with Gasteiger partial charge >= 0.3 is 12.1 Å². The van der Waals surface area contributed by atoms with Gasteiger partial charge in [0.1, 0.15) is 13.2 Å². The topological polar surface area (TPSA) is 120 Å². The number of hydrogen-bond acceptors (Lipinski definition) is 6. The van der Waals surface area contributed by atoms with Gasteiger partial charge in [0.15, 0.2) is 0 Å². The molecule has 0 spiro atoms. The molecule has 0 atom stereocenters. The number of nitrogens with one attached hydrogen (secondary N) is 1. The van der Waals surface area contributed by atoms with Crippen LogP contribution in [0.25, 0.3) is 0 Å². The van der Waals surface area contributed by atoms with Crippen LogP contribution >= 0.6 is 0 Å². The number of rotatable bonds is 4. The zero-order chi connectivity index (χ0) is 17.4. The van der Waals surface area contributed by atoms with Crippen LogP contribution in [0.2, 0.25) is 0 Å². The summed E-state index contributed by atoms with van der Waals surface area (Å²) in [6.07, 6.45) is -0.138. The molecule has 7 heteroatoms. The van der Waals surface area contributed by atoms with Crippen molar-refractivity contribution in [3.63, 3.8) is 0 Å². The van der Waals surface area contributed by atoms with E-state index >= 15 is 0 Å². The summed E-state index contributed by atoms with van der Waals surface area (Å²) >= 11 is 0. The number of benzene rings is 1. The number of isocyanates is 1. The van der Waals surface area contributed by atoms with E-state index in [9.17, 15) is 9.59 Å². The van der Waals surface area contributed by atoms with E-state index in [0.717, 1.165) is 6.08 Å². The van der Waals surface area contributed by atoms with Crippen LogP contribution in [-0.4, -0.2) is 31.4 Å². The minimum atomic E-state index is -0.888. The van der Waals surface area contributed by atoms with Crippen molar-refractivity contribution in [2.24, 2.45) is 5.73 Å². The number of hydrogen-bond donors (Lipinski definition) is 2. The number of aryl methyl sites for hydroxylation is 1. The first-order valence-electron chi connectivity index (χ1n) is 6.15. The van der Waals surface area contributed by atoms with Crippen LogP contribution in [0.1, 0.15) is 12.5 Å². The second kappa shape index (κ2) is 14.5. The maximum absolute atomic E-state index is 10.7. The molecular weight excluding hydrogens is 288 g/mol. The summed E-state index contributed by atoms with van der Waals surface area (Å²) in [5.41, 5.74) is 6.27. The molecule has 0 saturated carbocycles. The Labute approximate surface area is 129 Å². The van der Waals surface area contributed by atoms with Gasteiger partial charge in [-0.15, -0.1) is 0 Å². The van der Waals surface area contributed by atoms with Crippen molar-refractivity contribution < 1.29 is 23.9 Å². The Hall–Kier alpha value is -2.92. The summed E-state index contributed by atoms with van der Waals surface area (Å²) in [5.74, 6) is -0.511. The summed E-state index contributed by atoms with van der Waals surface area (Å²) in [4.78, 5) is 29.1. The van der Waals surface area contributed by atoms with Gasteiger partial charge < -0.3 is 15.2 Å². The molecule has 0 aliphatic carbocycles. The molecule has 0 fully saturated rings. The molecule has 1 rings (SSSR count). The van der Waals surface area contributed by atoms with E-state index in [-0.39, 0.29) is 13.2 Å². The maximum Gasteiger partial charge on any atom is 0.404 e. The Kier molecular flexibility index (Phi) is 14.1. The fourth-order valence-corrected chi connectivity index (χ4v) is 0.934. The highest BCUT2D eigenvalue weighted by Crippen LogP contribution is 1.92. The number of carbonyl (C=O) groups excluding carboxylic acids is 3. The fraction of sp³-hybridized carbons (Fsp3) is 0.267. The van der Waals surface area contributed by atoms with Crippen molar-refractivity contribution in [3.05, 3.63) is 48.0 Å². The van der Waals surface area contributed by atoms with Crippen molar-refractivity contribution in [2.45, 2.75) is 13.8 Å². The van der Waals surface area contributed by atoms with Crippen molar-refractivity contribution in [1.82, 2.24) is 0 Å². The van der Waals surface area contributed by atoms with Gasteiger partial charge in [-0.3, -0.25) is 0 Å². The summed E-state index contributed by atoms with van der Waals surface area (Å²) in [7, 11) is 0. The standard InChI is InChI=1S/C7H11NO4.C7H8.CHNO/c1-5(2)6(9)11-3-4-12-7(8)10;1-7-5-3-2-4-6-7;2-1-3/h1,3-4H2,2H3,(H2,8,10);2-6H,1H3;2H. The third kappa shape index (κ3) is 17.1. The van der Waals surface area contributed by atoms with Crippen LogP contribution in [0, 0.1) is 12.3 Å². The Morgan fingerprint density at radius 3 is 2.00 bits per heavy atom. The Morgan fingerprint density at radius 1 is 1.23 bits per heavy atom. The average molecular weight is 308 g/mol. The summed E-state index contributed by atoms with van der Waals surface area (Å²) in [6, 6.07) is 10.3. The van der Waals surface area contributed by atoms with E-state index in [2.05, 4.69) is 40.8 Å². The minimum Gasteiger partial charge on any atom is -0.459 e. The van der Waals surface area contributed by atoms with E-state index in [1.807, 2.05) is 18.2 Å². The first kappa shape index (κ1) is 21.4. The zero-order valence-corrected chi connectivity index (χ0v) is 12.6. The van der Waals surface area contributed by atoms with Crippen molar-refractivity contribution in [3.8, 4) is 0 Å². The predicted octanol–water partition coefficient (Wildman–Crippen LogP) is 2.10. The number of nitrogens with two attached hydrogens (primary N) is 1. The van der Waals surface area contributed by atoms with Crippen LogP contribution in [0.3, 0.4) is 0 Å². The number of primary amides is 1. The Bertz CT molecular complexity index is 494. The van der Waals surface area contributed by atoms with Crippen molar-refractivity contribution >= 4 is 18.1 Å². The van der Waals surface area contributed by atoms with E-state index in [0.29, 0.717) is 5.57 Å². The molecule has 0 unspecified atom stereocenters. The zero-order valence-electron chi connectivity index (χ0n) is 12.6. The largest absolute Gasteiger partial charge is 0.459 e. The number of ether oxygens (including phenoxy) is 2. The minimum absolute atomic E-state index is 0.00532. The van der Waals surface area contributed by atoms with Gasteiger partial charge in [0, 0.05) is 5.57 Å². The summed E-state index contributed by atoms with van der Waals surface area (Å²) in [5, 5.41) is 5.40. The molecule has 0 heterocycles. The van der Waals surface area contributed by atoms with Crippen LogP contribution in [-0.2, 0) is 19.1 Å². The number of esters is 1. The van der Waals surface area contributed by atoms with Crippen LogP contribution in [0.15, 0.2) is 42.5 Å². The maximum atomic E-state index is 10.7. The second-order valence-electron chi connectivity index (χ2n) is 3.84. The molecule has 0 radical (unpaired) electrons. The molecule has 7 nitrogen and oxygen atoms in total. The van der Waals surface area contributed by atoms with E-state index in [1.54, 1.807) is 0 Å². The normalized spacial score (nSPS) is 7.91. The highest BCUT2D eigenvalue weighted by Gasteiger charge is 2.02. The second-order valence-corrected chi connectivity index (χ2v) is 3.84. The lowest BCUT2D eigenvalue weighted by Gasteiger charge is -2.03. The molecule has 0 saturated heterocycles. The van der Waals surface area contributed by atoms with Crippen molar-refractivity contribution in [1.29, 1.82) is 5.41 Å². The van der Waals surface area contributed by atoms with Crippen LogP contribution in [0.5, 0.6) is 0 Å². The average Bonchev–Trinajstić information content (AvgIpc) is 2.45. The lowest BCUT2D eigenvalue weighted by molar-refractivity contribution is -0.139. The smallest absolute Gasteiger partial charge is 0.404 e.